The fourth-order valence-corrected chi connectivity index (χ4v) is 8.69. The number of epoxide rings is 1. The molecule has 1 heterocycles. The normalized spacial score (nSPS) is 48.5. The highest BCUT2D eigenvalue weighted by molar-refractivity contribution is 5.94. The molecule has 3 saturated carbocycles. The van der Waals surface area contributed by atoms with E-state index in [4.69, 9.17) is 14.2 Å². The number of carbonyl (C=O) groups is 4. The number of hydrogen-bond donors (Lipinski definition) is 0. The zero-order valence-electron chi connectivity index (χ0n) is 20.4. The molecule has 8 heteroatoms. The van der Waals surface area contributed by atoms with Crippen molar-refractivity contribution in [2.45, 2.75) is 90.2 Å². The van der Waals surface area contributed by atoms with Crippen molar-refractivity contribution in [3.05, 3.63) is 11.6 Å². The highest BCUT2D eigenvalue weighted by Gasteiger charge is 2.84. The Kier molecular flexibility index (Phi) is 5.02. The maximum Gasteiger partial charge on any atom is 0.303 e. The van der Waals surface area contributed by atoms with Crippen LogP contribution in [-0.4, -0.2) is 53.6 Å². The molecule has 5 aliphatic rings. The minimum Gasteiger partial charge on any atom is -0.458 e. The summed E-state index contributed by atoms with van der Waals surface area (Å²) < 4.78 is 33.1. The van der Waals surface area contributed by atoms with E-state index in [0.29, 0.717) is 31.3 Å². The molecule has 0 bridgehead atoms. The van der Waals surface area contributed by atoms with Gasteiger partial charge in [0.25, 0.3) is 0 Å². The summed E-state index contributed by atoms with van der Waals surface area (Å²) in [5, 5.41) is 0. The monoisotopic (exact) mass is 476 g/mol. The Labute approximate surface area is 198 Å². The molecule has 186 valence electrons. The van der Waals surface area contributed by atoms with Gasteiger partial charge in [0, 0.05) is 37.0 Å². The van der Waals surface area contributed by atoms with Gasteiger partial charge in [0.15, 0.2) is 18.0 Å². The number of carbonyl (C=O) groups excluding carboxylic acids is 4. The van der Waals surface area contributed by atoms with Crippen LogP contribution in [0.25, 0.3) is 0 Å². The van der Waals surface area contributed by atoms with Gasteiger partial charge in [-0.3, -0.25) is 19.2 Å². The summed E-state index contributed by atoms with van der Waals surface area (Å²) in [6.07, 6.45) is 2.19. The van der Waals surface area contributed by atoms with Gasteiger partial charge in [-0.15, -0.1) is 0 Å². The smallest absolute Gasteiger partial charge is 0.303 e. The van der Waals surface area contributed by atoms with Gasteiger partial charge in [-0.1, -0.05) is 20.8 Å². The molecule has 7 nitrogen and oxygen atoms in total. The topological polar surface area (TPSA) is 99.3 Å². The van der Waals surface area contributed by atoms with Crippen molar-refractivity contribution in [1.82, 2.24) is 0 Å². The summed E-state index contributed by atoms with van der Waals surface area (Å²) in [7, 11) is 0. The van der Waals surface area contributed by atoms with E-state index in [1.807, 2.05) is 20.8 Å². The lowest BCUT2D eigenvalue weighted by molar-refractivity contribution is -0.194. The van der Waals surface area contributed by atoms with Crippen LogP contribution in [0.5, 0.6) is 0 Å². The molecule has 1 aliphatic heterocycles. The van der Waals surface area contributed by atoms with Crippen LogP contribution in [0, 0.1) is 28.6 Å². The second kappa shape index (κ2) is 7.21. The standard InChI is InChI=1S/C26H33FO7/c1-13-8-17-18-10-20(27)19-9-16(30)6-7-23(19,4)26(18)22(34-26)11-24(17,5)25(13,33-15(3)29)21(31)12-32-14(2)28/h9,13,17-18,20,22H,6-8,10-12H2,1-5H3/t13-,17-,18-,20-,22-,23-,24-,25+,26?/m0/s1. The number of ketones is 2. The number of fused-ring (bicyclic) bond motifs is 3. The first kappa shape index (κ1) is 23.6. The zero-order chi connectivity index (χ0) is 24.8. The fraction of sp³-hybridized carbons (Fsp3) is 0.769. The van der Waals surface area contributed by atoms with E-state index < -0.39 is 52.5 Å². The van der Waals surface area contributed by atoms with Gasteiger partial charge in [0.05, 0.1) is 6.10 Å². The molecular weight excluding hydrogens is 443 g/mol. The molecule has 0 aromatic carbocycles. The molecule has 0 amide bonds. The molecule has 34 heavy (non-hydrogen) atoms. The van der Waals surface area contributed by atoms with E-state index in [0.717, 1.165) is 0 Å². The Morgan fingerprint density at radius 2 is 1.85 bits per heavy atom. The molecule has 0 radical (unpaired) electrons. The SMILES string of the molecule is CC(=O)OCC(=O)[C@]1(OC(C)=O)[C@@H](C)C[C@H]2[C@@H]3C[C@H](F)C4=CC(=O)CC[C@]4(C)C34O[C@H]4C[C@@]21C. The van der Waals surface area contributed by atoms with Crippen LogP contribution in [0.15, 0.2) is 11.6 Å². The largest absolute Gasteiger partial charge is 0.458 e. The third-order valence-corrected chi connectivity index (χ3v) is 9.98. The molecule has 4 fully saturated rings. The number of ether oxygens (including phenoxy) is 3. The summed E-state index contributed by atoms with van der Waals surface area (Å²) in [4.78, 5) is 49.5. The zero-order valence-corrected chi connectivity index (χ0v) is 20.4. The quantitative estimate of drug-likeness (QED) is 0.454. The number of Topliss-reactive ketones (excluding diaryl/α,β-unsaturated/α-hetero) is 1. The van der Waals surface area contributed by atoms with Gasteiger partial charge in [0.1, 0.15) is 11.8 Å². The number of rotatable bonds is 4. The first-order valence-corrected chi connectivity index (χ1v) is 12.3. The summed E-state index contributed by atoms with van der Waals surface area (Å²) in [5.74, 6) is -2.28. The Morgan fingerprint density at radius 3 is 2.50 bits per heavy atom. The predicted molar refractivity (Wildman–Crippen MR) is 117 cm³/mol. The predicted octanol–water partition coefficient (Wildman–Crippen LogP) is 3.28. The van der Waals surface area contributed by atoms with Crippen molar-refractivity contribution in [2.24, 2.45) is 28.6 Å². The van der Waals surface area contributed by atoms with Crippen LogP contribution in [0.1, 0.15) is 66.7 Å². The van der Waals surface area contributed by atoms with Crippen LogP contribution in [0.4, 0.5) is 4.39 Å². The average molecular weight is 477 g/mol. The Hall–Kier alpha value is -2.09. The van der Waals surface area contributed by atoms with E-state index in [2.05, 4.69) is 0 Å². The lowest BCUT2D eigenvalue weighted by atomic mass is 9.45. The van der Waals surface area contributed by atoms with Gasteiger partial charge in [-0.05, 0) is 49.2 Å². The van der Waals surface area contributed by atoms with Crippen molar-refractivity contribution in [1.29, 1.82) is 0 Å². The Bertz CT molecular complexity index is 1020. The molecule has 9 atom stereocenters. The van der Waals surface area contributed by atoms with Crippen molar-refractivity contribution >= 4 is 23.5 Å². The minimum atomic E-state index is -1.48. The third-order valence-electron chi connectivity index (χ3n) is 9.98. The highest BCUT2D eigenvalue weighted by atomic mass is 19.1. The number of esters is 2. The van der Waals surface area contributed by atoms with E-state index in [9.17, 15) is 19.2 Å². The van der Waals surface area contributed by atoms with Gasteiger partial charge in [-0.2, -0.15) is 0 Å². The first-order chi connectivity index (χ1) is 15.8. The lowest BCUT2D eigenvalue weighted by Crippen LogP contribution is -2.65. The molecule has 0 aromatic heterocycles. The first-order valence-electron chi connectivity index (χ1n) is 12.3. The Balaban J connectivity index is 1.59. The molecule has 1 saturated heterocycles. The second-order valence-electron chi connectivity index (χ2n) is 11.5. The van der Waals surface area contributed by atoms with Crippen LogP contribution < -0.4 is 0 Å². The van der Waals surface area contributed by atoms with Crippen LogP contribution in [0.2, 0.25) is 0 Å². The van der Waals surface area contributed by atoms with Gasteiger partial charge >= 0.3 is 11.9 Å². The second-order valence-corrected chi connectivity index (χ2v) is 11.5. The highest BCUT2D eigenvalue weighted by Crippen LogP contribution is 2.77. The maximum atomic E-state index is 15.7. The molecule has 0 aromatic rings. The van der Waals surface area contributed by atoms with Crippen LogP contribution in [0.3, 0.4) is 0 Å². The Morgan fingerprint density at radius 1 is 1.15 bits per heavy atom. The van der Waals surface area contributed by atoms with Crippen molar-refractivity contribution in [3.8, 4) is 0 Å². The molecule has 4 aliphatic carbocycles. The molecule has 1 unspecified atom stereocenters. The van der Waals surface area contributed by atoms with Crippen LogP contribution >= 0.6 is 0 Å². The van der Waals surface area contributed by atoms with Gasteiger partial charge < -0.3 is 14.2 Å². The van der Waals surface area contributed by atoms with Gasteiger partial charge in [0.2, 0.25) is 5.78 Å². The van der Waals surface area contributed by atoms with Crippen molar-refractivity contribution in [2.75, 3.05) is 6.61 Å². The fourth-order valence-electron chi connectivity index (χ4n) is 8.69. The van der Waals surface area contributed by atoms with E-state index in [-0.39, 0.29) is 36.1 Å². The molecular formula is C26H33FO7. The van der Waals surface area contributed by atoms with E-state index in [1.165, 1.54) is 19.9 Å². The summed E-state index contributed by atoms with van der Waals surface area (Å²) in [6.45, 7) is 7.89. The minimum absolute atomic E-state index is 0.0396. The summed E-state index contributed by atoms with van der Waals surface area (Å²) >= 11 is 0. The van der Waals surface area contributed by atoms with Crippen molar-refractivity contribution in [3.63, 3.8) is 0 Å². The number of hydrogen-bond acceptors (Lipinski definition) is 7. The number of alkyl halides is 1. The van der Waals surface area contributed by atoms with E-state index in [1.54, 1.807) is 0 Å². The summed E-state index contributed by atoms with van der Waals surface area (Å²) in [5.41, 5.74) is -2.88. The van der Waals surface area contributed by atoms with Crippen LogP contribution in [-0.2, 0) is 33.4 Å². The van der Waals surface area contributed by atoms with E-state index >= 15 is 4.39 Å². The lowest BCUT2D eigenvalue weighted by Gasteiger charge is -2.57. The summed E-state index contributed by atoms with van der Waals surface area (Å²) in [6, 6.07) is 0. The number of halogens is 1. The van der Waals surface area contributed by atoms with Crippen molar-refractivity contribution < 1.29 is 37.8 Å². The molecule has 0 N–H and O–H groups in total. The maximum absolute atomic E-state index is 15.7. The van der Waals surface area contributed by atoms with Gasteiger partial charge in [-0.25, -0.2) is 4.39 Å². The average Bonchev–Trinajstić information content (AvgIpc) is 3.42. The third kappa shape index (κ3) is 2.72. The molecule has 5 rings (SSSR count). The molecule has 1 spiro atoms.